The third-order valence-electron chi connectivity index (χ3n) is 3.63. The van der Waals surface area contributed by atoms with Gasteiger partial charge in [0.05, 0.1) is 7.11 Å². The lowest BCUT2D eigenvalue weighted by atomic mass is 9.97. The molecule has 3 heteroatoms. The summed E-state index contributed by atoms with van der Waals surface area (Å²) in [6.07, 6.45) is 5.24. The molecular weight excluding hydrogens is 248 g/mol. The number of hydrogen-bond donors (Lipinski definition) is 1. The Bertz CT molecular complexity index is 416. The van der Waals surface area contributed by atoms with Crippen molar-refractivity contribution in [1.82, 2.24) is 10.3 Å². The van der Waals surface area contributed by atoms with Crippen molar-refractivity contribution in [2.45, 2.75) is 59.9 Å². The molecule has 0 aromatic carbocycles. The monoisotopic (exact) mass is 278 g/mol. The van der Waals surface area contributed by atoms with Crippen molar-refractivity contribution >= 4 is 0 Å². The van der Waals surface area contributed by atoms with Gasteiger partial charge in [-0.3, -0.25) is 4.98 Å². The average molecular weight is 278 g/mol. The van der Waals surface area contributed by atoms with E-state index in [-0.39, 0.29) is 0 Å². The number of pyridine rings is 1. The highest BCUT2D eigenvalue weighted by molar-refractivity contribution is 5.41. The molecule has 1 unspecified atom stereocenters. The number of aryl methyl sites for hydroxylation is 1. The summed E-state index contributed by atoms with van der Waals surface area (Å²) in [5.41, 5.74) is 3.44. The summed E-state index contributed by atoms with van der Waals surface area (Å²) in [5, 5.41) is 3.65. The molecule has 0 aliphatic rings. The SMILES string of the molecule is CCCNC(Cc1ncc(C)c(OC)c1C)CC(C)C. The Labute approximate surface area is 124 Å². The molecule has 1 aromatic heterocycles. The van der Waals surface area contributed by atoms with E-state index in [1.165, 1.54) is 12.0 Å². The Morgan fingerprint density at radius 3 is 2.55 bits per heavy atom. The second-order valence-electron chi connectivity index (χ2n) is 6.03. The topological polar surface area (TPSA) is 34.2 Å². The zero-order valence-electron chi connectivity index (χ0n) is 13.9. The number of aromatic nitrogens is 1. The first-order valence-corrected chi connectivity index (χ1v) is 7.72. The van der Waals surface area contributed by atoms with Crippen LogP contribution in [0.1, 0.15) is 50.4 Å². The van der Waals surface area contributed by atoms with E-state index in [9.17, 15) is 0 Å². The zero-order valence-corrected chi connectivity index (χ0v) is 13.9. The van der Waals surface area contributed by atoms with Gasteiger partial charge in [0, 0.05) is 35.5 Å². The summed E-state index contributed by atoms with van der Waals surface area (Å²) in [4.78, 5) is 4.62. The molecule has 0 fully saturated rings. The number of methoxy groups -OCH3 is 1. The van der Waals surface area contributed by atoms with Gasteiger partial charge in [0.15, 0.2) is 0 Å². The van der Waals surface area contributed by atoms with Crippen LogP contribution in [0.4, 0.5) is 0 Å². The third-order valence-corrected chi connectivity index (χ3v) is 3.63. The largest absolute Gasteiger partial charge is 0.496 e. The lowest BCUT2D eigenvalue weighted by molar-refractivity contribution is 0.399. The maximum absolute atomic E-state index is 5.50. The minimum atomic E-state index is 0.494. The van der Waals surface area contributed by atoms with Crippen LogP contribution in [0.3, 0.4) is 0 Å². The van der Waals surface area contributed by atoms with Crippen molar-refractivity contribution in [2.24, 2.45) is 5.92 Å². The minimum absolute atomic E-state index is 0.494. The van der Waals surface area contributed by atoms with E-state index in [1.807, 2.05) is 13.1 Å². The van der Waals surface area contributed by atoms with Crippen LogP contribution in [-0.2, 0) is 6.42 Å². The second kappa shape index (κ2) is 8.25. The molecule has 20 heavy (non-hydrogen) atoms. The summed E-state index contributed by atoms with van der Waals surface area (Å²) >= 11 is 0. The molecule has 0 aliphatic carbocycles. The smallest absolute Gasteiger partial charge is 0.128 e. The number of nitrogens with zero attached hydrogens (tertiary/aromatic N) is 1. The van der Waals surface area contributed by atoms with Crippen LogP contribution in [0.15, 0.2) is 6.20 Å². The first kappa shape index (κ1) is 17.0. The Hall–Kier alpha value is -1.09. The molecule has 1 N–H and O–H groups in total. The number of hydrogen-bond acceptors (Lipinski definition) is 3. The Morgan fingerprint density at radius 2 is 2.00 bits per heavy atom. The molecular formula is C17H30N2O. The van der Waals surface area contributed by atoms with Gasteiger partial charge in [-0.1, -0.05) is 20.8 Å². The lowest BCUT2D eigenvalue weighted by Gasteiger charge is -2.22. The molecule has 1 rings (SSSR count). The summed E-state index contributed by atoms with van der Waals surface area (Å²) < 4.78 is 5.50. The highest BCUT2D eigenvalue weighted by Crippen LogP contribution is 2.25. The van der Waals surface area contributed by atoms with Crippen molar-refractivity contribution in [3.05, 3.63) is 23.0 Å². The van der Waals surface area contributed by atoms with Crippen LogP contribution in [0, 0.1) is 19.8 Å². The van der Waals surface area contributed by atoms with Crippen molar-refractivity contribution < 1.29 is 4.74 Å². The fourth-order valence-corrected chi connectivity index (χ4v) is 2.67. The van der Waals surface area contributed by atoms with Crippen LogP contribution in [0.2, 0.25) is 0 Å². The molecule has 0 amide bonds. The maximum Gasteiger partial charge on any atom is 0.128 e. The second-order valence-corrected chi connectivity index (χ2v) is 6.03. The Balaban J connectivity index is 2.87. The number of nitrogens with one attached hydrogen (secondary N) is 1. The highest BCUT2D eigenvalue weighted by Gasteiger charge is 2.16. The van der Waals surface area contributed by atoms with Gasteiger partial charge in [-0.25, -0.2) is 0 Å². The lowest BCUT2D eigenvalue weighted by Crippen LogP contribution is -2.33. The quantitative estimate of drug-likeness (QED) is 0.788. The highest BCUT2D eigenvalue weighted by atomic mass is 16.5. The van der Waals surface area contributed by atoms with Crippen molar-refractivity contribution in [3.63, 3.8) is 0 Å². The molecule has 0 bridgehead atoms. The summed E-state index contributed by atoms with van der Waals surface area (Å²) in [5.74, 6) is 1.67. The van der Waals surface area contributed by atoms with Crippen LogP contribution >= 0.6 is 0 Å². The van der Waals surface area contributed by atoms with E-state index < -0.39 is 0 Å². The zero-order chi connectivity index (χ0) is 15.1. The fourth-order valence-electron chi connectivity index (χ4n) is 2.67. The number of rotatable bonds is 8. The predicted octanol–water partition coefficient (Wildman–Crippen LogP) is 3.66. The molecule has 0 radical (unpaired) electrons. The van der Waals surface area contributed by atoms with Gasteiger partial charge < -0.3 is 10.1 Å². The standard InChI is InChI=1S/C17H30N2O/c1-7-8-18-15(9-12(2)3)10-16-14(5)17(20-6)13(4)11-19-16/h11-12,15,18H,7-10H2,1-6H3. The minimum Gasteiger partial charge on any atom is -0.496 e. The number of ether oxygens (including phenoxy) is 1. The van der Waals surface area contributed by atoms with Crippen LogP contribution in [-0.4, -0.2) is 24.7 Å². The molecule has 1 heterocycles. The van der Waals surface area contributed by atoms with Gasteiger partial charge in [0.2, 0.25) is 0 Å². The maximum atomic E-state index is 5.50. The van der Waals surface area contributed by atoms with Gasteiger partial charge in [0.1, 0.15) is 5.75 Å². The molecule has 0 spiro atoms. The van der Waals surface area contributed by atoms with E-state index in [0.717, 1.165) is 36.4 Å². The first-order valence-electron chi connectivity index (χ1n) is 7.72. The molecule has 1 aromatic rings. The van der Waals surface area contributed by atoms with Crippen LogP contribution < -0.4 is 10.1 Å². The average Bonchev–Trinajstić information content (AvgIpc) is 2.39. The first-order chi connectivity index (χ1) is 9.49. The molecule has 1 atom stereocenters. The van der Waals surface area contributed by atoms with Gasteiger partial charge in [-0.2, -0.15) is 0 Å². The van der Waals surface area contributed by atoms with Gasteiger partial charge in [-0.15, -0.1) is 0 Å². The molecule has 0 aliphatic heterocycles. The van der Waals surface area contributed by atoms with E-state index in [2.05, 4.69) is 38.0 Å². The van der Waals surface area contributed by atoms with Crippen LogP contribution in [0.25, 0.3) is 0 Å². The van der Waals surface area contributed by atoms with Gasteiger partial charge in [0.25, 0.3) is 0 Å². The third kappa shape index (κ3) is 4.78. The summed E-state index contributed by atoms with van der Waals surface area (Å²) in [6.45, 7) is 12.0. The normalized spacial score (nSPS) is 12.8. The summed E-state index contributed by atoms with van der Waals surface area (Å²) in [7, 11) is 1.74. The molecule has 114 valence electrons. The van der Waals surface area contributed by atoms with Crippen molar-refractivity contribution in [3.8, 4) is 5.75 Å². The molecule has 3 nitrogen and oxygen atoms in total. The Morgan fingerprint density at radius 1 is 1.30 bits per heavy atom. The van der Waals surface area contributed by atoms with Gasteiger partial charge in [-0.05, 0) is 39.2 Å². The van der Waals surface area contributed by atoms with E-state index in [1.54, 1.807) is 7.11 Å². The van der Waals surface area contributed by atoms with Crippen LogP contribution in [0.5, 0.6) is 5.75 Å². The fraction of sp³-hybridized carbons (Fsp3) is 0.706. The van der Waals surface area contributed by atoms with Crippen molar-refractivity contribution in [2.75, 3.05) is 13.7 Å². The van der Waals surface area contributed by atoms with E-state index in [4.69, 9.17) is 4.74 Å². The predicted molar refractivity (Wildman–Crippen MR) is 85.5 cm³/mol. The molecule has 0 saturated heterocycles. The summed E-state index contributed by atoms with van der Waals surface area (Å²) in [6, 6.07) is 0.494. The Kier molecular flexibility index (Phi) is 7.00. The van der Waals surface area contributed by atoms with E-state index in [0.29, 0.717) is 12.0 Å². The van der Waals surface area contributed by atoms with Gasteiger partial charge >= 0.3 is 0 Å². The molecule has 0 saturated carbocycles. The van der Waals surface area contributed by atoms with Crippen molar-refractivity contribution in [1.29, 1.82) is 0 Å². The van der Waals surface area contributed by atoms with E-state index >= 15 is 0 Å².